The zero-order valence-corrected chi connectivity index (χ0v) is 13.5. The fourth-order valence-electron chi connectivity index (χ4n) is 3.50. The number of hydrogen-bond acceptors (Lipinski definition) is 3. The Bertz CT molecular complexity index is 337. The molecule has 1 N–H and O–H groups in total. The molecule has 1 amide bonds. The van der Waals surface area contributed by atoms with E-state index in [1.165, 1.54) is 32.1 Å². The van der Waals surface area contributed by atoms with Crippen LogP contribution in [0.4, 0.5) is 0 Å². The maximum Gasteiger partial charge on any atom is 0.237 e. The van der Waals surface area contributed by atoms with Crippen LogP contribution in [0.1, 0.15) is 38.5 Å². The third kappa shape index (κ3) is 5.11. The summed E-state index contributed by atoms with van der Waals surface area (Å²) < 4.78 is 0. The zero-order valence-electron chi connectivity index (χ0n) is 13.5. The summed E-state index contributed by atoms with van der Waals surface area (Å²) in [5, 5.41) is 3.21. The van der Waals surface area contributed by atoms with Crippen LogP contribution >= 0.6 is 0 Å². The lowest BCUT2D eigenvalue weighted by Gasteiger charge is -2.32. The highest BCUT2D eigenvalue weighted by Gasteiger charge is 2.25. The van der Waals surface area contributed by atoms with Gasteiger partial charge < -0.3 is 5.32 Å². The van der Waals surface area contributed by atoms with E-state index in [0.717, 1.165) is 39.1 Å². The first-order valence-corrected chi connectivity index (χ1v) is 8.52. The molecule has 2 saturated heterocycles. The van der Waals surface area contributed by atoms with Crippen LogP contribution in [-0.2, 0) is 4.79 Å². The van der Waals surface area contributed by atoms with Gasteiger partial charge in [0.15, 0.2) is 0 Å². The Morgan fingerprint density at radius 2 is 1.95 bits per heavy atom. The molecule has 2 aliphatic heterocycles. The van der Waals surface area contributed by atoms with Crippen molar-refractivity contribution in [1.29, 1.82) is 0 Å². The van der Waals surface area contributed by atoms with Gasteiger partial charge in [0.2, 0.25) is 5.91 Å². The number of carbonyl (C=O) groups excluding carboxylic acids is 1. The Balaban J connectivity index is 1.70. The van der Waals surface area contributed by atoms with Crippen molar-refractivity contribution in [2.45, 2.75) is 44.6 Å². The van der Waals surface area contributed by atoms with Gasteiger partial charge >= 0.3 is 0 Å². The second-order valence-electron chi connectivity index (χ2n) is 6.62. The van der Waals surface area contributed by atoms with Crippen LogP contribution in [0.25, 0.3) is 0 Å². The van der Waals surface area contributed by atoms with Gasteiger partial charge in [-0.1, -0.05) is 18.9 Å². The lowest BCUT2D eigenvalue weighted by atomic mass is 9.96. The number of likely N-dealkylation sites (N-methyl/N-ethyl adjacent to an activating group) is 1. The molecule has 120 valence electrons. The second kappa shape index (κ2) is 8.54. The topological polar surface area (TPSA) is 35.6 Å². The summed E-state index contributed by atoms with van der Waals surface area (Å²) in [6, 6.07) is 0.0911. The van der Waals surface area contributed by atoms with E-state index in [1.54, 1.807) is 0 Å². The Kier molecular flexibility index (Phi) is 6.71. The van der Waals surface area contributed by atoms with Gasteiger partial charge in [0.1, 0.15) is 0 Å². The van der Waals surface area contributed by atoms with Crippen molar-refractivity contribution in [2.75, 3.05) is 39.8 Å². The predicted molar refractivity (Wildman–Crippen MR) is 87.3 cm³/mol. The number of rotatable bonds is 5. The van der Waals surface area contributed by atoms with Gasteiger partial charge in [0.25, 0.3) is 0 Å². The first-order chi connectivity index (χ1) is 10.2. The van der Waals surface area contributed by atoms with Crippen molar-refractivity contribution in [2.24, 2.45) is 5.92 Å². The minimum Gasteiger partial charge on any atom is -0.354 e. The first kappa shape index (κ1) is 16.5. The molecule has 4 heteroatoms. The average molecular weight is 293 g/mol. The fraction of sp³-hybridized carbons (Fsp3) is 0.824. The highest BCUT2D eigenvalue weighted by molar-refractivity contribution is 5.81. The molecule has 0 spiro atoms. The van der Waals surface area contributed by atoms with E-state index in [1.807, 2.05) is 6.08 Å². The van der Waals surface area contributed by atoms with Gasteiger partial charge in [0.05, 0.1) is 6.04 Å². The smallest absolute Gasteiger partial charge is 0.237 e. The van der Waals surface area contributed by atoms with Crippen LogP contribution < -0.4 is 5.32 Å². The van der Waals surface area contributed by atoms with E-state index in [-0.39, 0.29) is 11.9 Å². The second-order valence-corrected chi connectivity index (χ2v) is 6.62. The largest absolute Gasteiger partial charge is 0.354 e. The highest BCUT2D eigenvalue weighted by atomic mass is 16.2. The lowest BCUT2D eigenvalue weighted by molar-refractivity contribution is -0.126. The quantitative estimate of drug-likeness (QED) is 0.786. The van der Waals surface area contributed by atoms with E-state index in [2.05, 4.69) is 28.7 Å². The number of nitrogens with zero attached hydrogens (tertiary/aromatic N) is 2. The number of amides is 1. The number of nitrogens with one attached hydrogen (secondary N) is 1. The van der Waals surface area contributed by atoms with Crippen LogP contribution in [0.15, 0.2) is 12.7 Å². The Morgan fingerprint density at radius 1 is 1.19 bits per heavy atom. The molecule has 4 nitrogen and oxygen atoms in total. The Labute approximate surface area is 129 Å². The summed E-state index contributed by atoms with van der Waals surface area (Å²) in [5.74, 6) is 0.888. The third-order valence-corrected chi connectivity index (χ3v) is 4.98. The van der Waals surface area contributed by atoms with Gasteiger partial charge in [-0.3, -0.25) is 14.6 Å². The molecule has 1 atom stereocenters. The fourth-order valence-corrected chi connectivity index (χ4v) is 3.50. The highest BCUT2D eigenvalue weighted by Crippen LogP contribution is 2.18. The number of piperidine rings is 1. The van der Waals surface area contributed by atoms with Gasteiger partial charge in [0, 0.05) is 13.1 Å². The van der Waals surface area contributed by atoms with Crippen molar-refractivity contribution in [3.8, 4) is 0 Å². The van der Waals surface area contributed by atoms with E-state index in [9.17, 15) is 4.79 Å². The van der Waals surface area contributed by atoms with E-state index in [4.69, 9.17) is 0 Å². The third-order valence-electron chi connectivity index (χ3n) is 4.98. The molecule has 1 unspecified atom stereocenters. The molecule has 0 radical (unpaired) electrons. The summed E-state index contributed by atoms with van der Waals surface area (Å²) in [6.45, 7) is 8.96. The molecule has 2 rings (SSSR count). The molecule has 0 aromatic rings. The molecule has 0 saturated carbocycles. The lowest BCUT2D eigenvalue weighted by Crippen LogP contribution is -2.47. The van der Waals surface area contributed by atoms with E-state index < -0.39 is 0 Å². The number of likely N-dealkylation sites (tertiary alicyclic amines) is 2. The minimum atomic E-state index is 0.0911. The van der Waals surface area contributed by atoms with Crippen LogP contribution in [0.2, 0.25) is 0 Å². The molecular weight excluding hydrogens is 262 g/mol. The normalized spacial score (nSPS) is 26.2. The van der Waals surface area contributed by atoms with Gasteiger partial charge in [-0.25, -0.2) is 0 Å². The molecule has 2 heterocycles. The van der Waals surface area contributed by atoms with Crippen molar-refractivity contribution >= 4 is 5.91 Å². The van der Waals surface area contributed by atoms with Crippen molar-refractivity contribution in [1.82, 2.24) is 15.1 Å². The Hall–Kier alpha value is -0.870. The molecule has 0 aliphatic carbocycles. The molecule has 0 aromatic carbocycles. The van der Waals surface area contributed by atoms with Crippen LogP contribution in [0.3, 0.4) is 0 Å². The van der Waals surface area contributed by atoms with Crippen LogP contribution in [-0.4, -0.2) is 61.5 Å². The minimum absolute atomic E-state index is 0.0911. The molecular formula is C17H31N3O. The monoisotopic (exact) mass is 293 g/mol. The van der Waals surface area contributed by atoms with Crippen molar-refractivity contribution in [3.63, 3.8) is 0 Å². The molecule has 2 fully saturated rings. The average Bonchev–Trinajstić information content (AvgIpc) is 2.71. The summed E-state index contributed by atoms with van der Waals surface area (Å²) in [4.78, 5) is 17.1. The molecule has 2 aliphatic rings. The molecule has 21 heavy (non-hydrogen) atoms. The SMILES string of the molecule is C=CCN1CCC(CNC(=O)C2CCCCCN2C)CC1. The summed E-state index contributed by atoms with van der Waals surface area (Å²) in [6.07, 6.45) is 9.04. The van der Waals surface area contributed by atoms with Crippen molar-refractivity contribution < 1.29 is 4.79 Å². The number of hydrogen-bond donors (Lipinski definition) is 1. The maximum absolute atomic E-state index is 12.4. The predicted octanol–water partition coefficient (Wildman–Crippen LogP) is 1.87. The molecule has 0 bridgehead atoms. The van der Waals surface area contributed by atoms with Gasteiger partial charge in [-0.15, -0.1) is 6.58 Å². The molecule has 0 aromatic heterocycles. The zero-order chi connectivity index (χ0) is 15.1. The summed E-state index contributed by atoms with van der Waals surface area (Å²) in [5.41, 5.74) is 0. The maximum atomic E-state index is 12.4. The van der Waals surface area contributed by atoms with E-state index >= 15 is 0 Å². The van der Waals surface area contributed by atoms with E-state index in [0.29, 0.717) is 5.92 Å². The first-order valence-electron chi connectivity index (χ1n) is 8.52. The number of carbonyl (C=O) groups is 1. The Morgan fingerprint density at radius 3 is 2.67 bits per heavy atom. The van der Waals surface area contributed by atoms with Crippen molar-refractivity contribution in [3.05, 3.63) is 12.7 Å². The van der Waals surface area contributed by atoms with Crippen LogP contribution in [0.5, 0.6) is 0 Å². The van der Waals surface area contributed by atoms with Gasteiger partial charge in [-0.05, 0) is 58.3 Å². The summed E-state index contributed by atoms with van der Waals surface area (Å²) in [7, 11) is 2.09. The van der Waals surface area contributed by atoms with Gasteiger partial charge in [-0.2, -0.15) is 0 Å². The summed E-state index contributed by atoms with van der Waals surface area (Å²) >= 11 is 0. The van der Waals surface area contributed by atoms with Crippen LogP contribution in [0, 0.1) is 5.92 Å². The standard InChI is InChI=1S/C17H31N3O/c1-3-10-20-12-8-15(9-13-20)14-18-17(21)16-7-5-4-6-11-19(16)2/h3,15-16H,1,4-14H2,2H3,(H,18,21).